The molecule has 0 radical (unpaired) electrons. The van der Waals surface area contributed by atoms with E-state index in [1.807, 2.05) is 6.07 Å². The molecule has 176 valence electrons. The van der Waals surface area contributed by atoms with E-state index in [0.29, 0.717) is 12.5 Å². The van der Waals surface area contributed by atoms with Gasteiger partial charge in [-0.3, -0.25) is 4.79 Å². The number of hydrogen-bond donors (Lipinski definition) is 1. The van der Waals surface area contributed by atoms with E-state index in [1.165, 1.54) is 24.1 Å². The molecule has 0 unspecified atom stereocenters. The molecule has 5 heteroatoms. The SMILES string of the molecule is CCCCCNC(=O)CCCCSc1nc(-c2ccccc2)c(-c2ccccc2)n1C(C)C. The average Bonchev–Trinajstić information content (AvgIpc) is 3.22. The monoisotopic (exact) mass is 463 g/mol. The number of rotatable bonds is 13. The number of carbonyl (C=O) groups excluding carboxylic acids is 1. The molecule has 0 atom stereocenters. The highest BCUT2D eigenvalue weighted by molar-refractivity contribution is 7.99. The number of imidazole rings is 1. The summed E-state index contributed by atoms with van der Waals surface area (Å²) in [5.74, 6) is 1.13. The fraction of sp³-hybridized carbons (Fsp3) is 0.429. The number of hydrogen-bond acceptors (Lipinski definition) is 3. The summed E-state index contributed by atoms with van der Waals surface area (Å²) < 4.78 is 2.36. The predicted octanol–water partition coefficient (Wildman–Crippen LogP) is 7.37. The molecule has 1 amide bonds. The van der Waals surface area contributed by atoms with E-state index < -0.39 is 0 Å². The largest absolute Gasteiger partial charge is 0.356 e. The van der Waals surface area contributed by atoms with Crippen LogP contribution in [-0.4, -0.2) is 27.8 Å². The third kappa shape index (κ3) is 7.23. The van der Waals surface area contributed by atoms with Gasteiger partial charge in [0, 0.05) is 35.9 Å². The maximum Gasteiger partial charge on any atom is 0.219 e. The Morgan fingerprint density at radius 2 is 1.61 bits per heavy atom. The highest BCUT2D eigenvalue weighted by atomic mass is 32.2. The van der Waals surface area contributed by atoms with E-state index in [-0.39, 0.29) is 5.91 Å². The maximum atomic E-state index is 12.0. The van der Waals surface area contributed by atoms with Crippen molar-refractivity contribution in [1.29, 1.82) is 0 Å². The second kappa shape index (κ2) is 13.2. The zero-order valence-electron chi connectivity index (χ0n) is 20.2. The lowest BCUT2D eigenvalue weighted by atomic mass is 10.0. The Bertz CT molecular complexity index is 983. The first-order chi connectivity index (χ1) is 16.1. The number of benzene rings is 2. The van der Waals surface area contributed by atoms with Crippen molar-refractivity contribution in [2.24, 2.45) is 0 Å². The second-order valence-corrected chi connectivity index (χ2v) is 9.71. The Hall–Kier alpha value is -2.53. The van der Waals surface area contributed by atoms with Crippen LogP contribution in [0.25, 0.3) is 22.5 Å². The molecule has 3 rings (SSSR count). The summed E-state index contributed by atoms with van der Waals surface area (Å²) in [5, 5.41) is 4.08. The van der Waals surface area contributed by atoms with Crippen molar-refractivity contribution in [3.63, 3.8) is 0 Å². The van der Waals surface area contributed by atoms with Crippen LogP contribution in [0.4, 0.5) is 0 Å². The second-order valence-electron chi connectivity index (χ2n) is 8.65. The van der Waals surface area contributed by atoms with Crippen molar-refractivity contribution in [2.45, 2.75) is 70.5 Å². The molecule has 2 aromatic carbocycles. The predicted molar refractivity (Wildman–Crippen MR) is 141 cm³/mol. The average molecular weight is 464 g/mol. The molecule has 1 heterocycles. The van der Waals surface area contributed by atoms with Gasteiger partial charge in [0.2, 0.25) is 5.91 Å². The van der Waals surface area contributed by atoms with Gasteiger partial charge in [-0.1, -0.05) is 92.2 Å². The number of amides is 1. The van der Waals surface area contributed by atoms with Crippen LogP contribution in [-0.2, 0) is 4.79 Å². The number of nitrogens with zero attached hydrogens (tertiary/aromatic N) is 2. The minimum Gasteiger partial charge on any atom is -0.356 e. The quantitative estimate of drug-likeness (QED) is 0.213. The normalized spacial score (nSPS) is 11.2. The van der Waals surface area contributed by atoms with Gasteiger partial charge in [-0.15, -0.1) is 0 Å². The molecule has 0 saturated carbocycles. The van der Waals surface area contributed by atoms with E-state index >= 15 is 0 Å². The van der Waals surface area contributed by atoms with Gasteiger partial charge < -0.3 is 9.88 Å². The highest BCUT2D eigenvalue weighted by Crippen LogP contribution is 2.38. The molecule has 1 N–H and O–H groups in total. The zero-order valence-corrected chi connectivity index (χ0v) is 21.0. The number of unbranched alkanes of at least 4 members (excludes halogenated alkanes) is 3. The van der Waals surface area contributed by atoms with Gasteiger partial charge in [0.1, 0.15) is 0 Å². The molecule has 0 saturated heterocycles. The van der Waals surface area contributed by atoms with Crippen molar-refractivity contribution < 1.29 is 4.79 Å². The molecule has 4 nitrogen and oxygen atoms in total. The van der Waals surface area contributed by atoms with Gasteiger partial charge in [-0.2, -0.15) is 0 Å². The lowest BCUT2D eigenvalue weighted by molar-refractivity contribution is -0.121. The van der Waals surface area contributed by atoms with Crippen LogP contribution >= 0.6 is 11.8 Å². The summed E-state index contributed by atoms with van der Waals surface area (Å²) in [4.78, 5) is 17.1. The first-order valence-electron chi connectivity index (χ1n) is 12.2. The van der Waals surface area contributed by atoms with Gasteiger partial charge in [-0.25, -0.2) is 4.98 Å². The summed E-state index contributed by atoms with van der Waals surface area (Å²) in [6.07, 6.45) is 5.94. The fourth-order valence-corrected chi connectivity index (χ4v) is 5.03. The van der Waals surface area contributed by atoms with Crippen molar-refractivity contribution in [2.75, 3.05) is 12.3 Å². The lowest BCUT2D eigenvalue weighted by Crippen LogP contribution is -2.23. The lowest BCUT2D eigenvalue weighted by Gasteiger charge is -2.16. The van der Waals surface area contributed by atoms with Crippen LogP contribution in [0.1, 0.15) is 65.3 Å². The van der Waals surface area contributed by atoms with Crippen LogP contribution in [0.5, 0.6) is 0 Å². The Morgan fingerprint density at radius 3 is 2.24 bits per heavy atom. The zero-order chi connectivity index (χ0) is 23.5. The molecule has 0 aliphatic heterocycles. The highest BCUT2D eigenvalue weighted by Gasteiger charge is 2.21. The molecule has 1 aromatic heterocycles. The fourth-order valence-electron chi connectivity index (χ4n) is 3.90. The van der Waals surface area contributed by atoms with E-state index in [0.717, 1.165) is 48.0 Å². The van der Waals surface area contributed by atoms with Crippen molar-refractivity contribution in [1.82, 2.24) is 14.9 Å². The van der Waals surface area contributed by atoms with E-state index in [2.05, 4.69) is 85.3 Å². The molecule has 0 aliphatic carbocycles. The van der Waals surface area contributed by atoms with E-state index in [1.54, 1.807) is 11.8 Å². The van der Waals surface area contributed by atoms with Crippen LogP contribution in [0, 0.1) is 0 Å². The number of thioether (sulfide) groups is 1. The van der Waals surface area contributed by atoms with Crippen LogP contribution in [0.3, 0.4) is 0 Å². The Balaban J connectivity index is 1.70. The van der Waals surface area contributed by atoms with Gasteiger partial charge in [0.25, 0.3) is 0 Å². The standard InChI is InChI=1S/C28H37N3OS/c1-4-5-13-20-29-25(32)19-12-14-21-33-28-30-26(23-15-8-6-9-16-23)27(31(28)22(2)3)24-17-10-7-11-18-24/h6-11,15-18,22H,4-5,12-14,19-21H2,1-3H3,(H,29,32). The topological polar surface area (TPSA) is 46.9 Å². The summed E-state index contributed by atoms with van der Waals surface area (Å²) in [6.45, 7) is 7.42. The number of nitrogens with one attached hydrogen (secondary N) is 1. The maximum absolute atomic E-state index is 12.0. The number of carbonyl (C=O) groups is 1. The first kappa shape index (κ1) is 25.1. The van der Waals surface area contributed by atoms with Crippen LogP contribution in [0.2, 0.25) is 0 Å². The van der Waals surface area contributed by atoms with Crippen LogP contribution in [0.15, 0.2) is 65.8 Å². The van der Waals surface area contributed by atoms with E-state index in [4.69, 9.17) is 4.98 Å². The molecule has 3 aromatic rings. The van der Waals surface area contributed by atoms with Gasteiger partial charge in [0.15, 0.2) is 5.16 Å². The molecule has 33 heavy (non-hydrogen) atoms. The molecule has 0 bridgehead atoms. The smallest absolute Gasteiger partial charge is 0.219 e. The van der Waals surface area contributed by atoms with Gasteiger partial charge in [0.05, 0.1) is 11.4 Å². The van der Waals surface area contributed by atoms with Crippen molar-refractivity contribution in [3.05, 3.63) is 60.7 Å². The first-order valence-corrected chi connectivity index (χ1v) is 13.2. The Labute approximate surface area is 203 Å². The molecule has 0 aliphatic rings. The summed E-state index contributed by atoms with van der Waals surface area (Å²) in [7, 11) is 0. The summed E-state index contributed by atoms with van der Waals surface area (Å²) in [5.41, 5.74) is 4.52. The Morgan fingerprint density at radius 1 is 0.939 bits per heavy atom. The summed E-state index contributed by atoms with van der Waals surface area (Å²) in [6, 6.07) is 21.3. The minimum absolute atomic E-state index is 0.178. The van der Waals surface area contributed by atoms with Crippen molar-refractivity contribution >= 4 is 17.7 Å². The number of aromatic nitrogens is 2. The summed E-state index contributed by atoms with van der Waals surface area (Å²) >= 11 is 1.80. The molecular formula is C28H37N3OS. The third-order valence-corrected chi connectivity index (χ3v) is 6.66. The minimum atomic E-state index is 0.178. The van der Waals surface area contributed by atoms with Gasteiger partial charge >= 0.3 is 0 Å². The molecular weight excluding hydrogens is 426 g/mol. The van der Waals surface area contributed by atoms with Crippen LogP contribution < -0.4 is 5.32 Å². The molecule has 0 fully saturated rings. The molecule has 0 spiro atoms. The van der Waals surface area contributed by atoms with Crippen molar-refractivity contribution in [3.8, 4) is 22.5 Å². The Kier molecular flexibility index (Phi) is 10.1. The van der Waals surface area contributed by atoms with Gasteiger partial charge in [-0.05, 0) is 33.1 Å². The van der Waals surface area contributed by atoms with E-state index in [9.17, 15) is 4.79 Å². The third-order valence-electron chi connectivity index (χ3n) is 5.62.